The van der Waals surface area contributed by atoms with Gasteiger partial charge >= 0.3 is 0 Å². The third-order valence-electron chi connectivity index (χ3n) is 3.97. The van der Waals surface area contributed by atoms with E-state index in [9.17, 15) is 4.79 Å². The first kappa shape index (κ1) is 17.3. The lowest BCUT2D eigenvalue weighted by Crippen LogP contribution is -2.27. The Morgan fingerprint density at radius 2 is 1.56 bits per heavy atom. The summed E-state index contributed by atoms with van der Waals surface area (Å²) >= 11 is 1.27. The van der Waals surface area contributed by atoms with Crippen LogP contribution in [0.4, 0.5) is 11.4 Å². The van der Waals surface area contributed by atoms with Gasteiger partial charge in [0.1, 0.15) is 0 Å². The number of hydrogen-bond acceptors (Lipinski definition) is 5. The van der Waals surface area contributed by atoms with Gasteiger partial charge in [0.2, 0.25) is 5.91 Å². The van der Waals surface area contributed by atoms with Gasteiger partial charge in [-0.25, -0.2) is 4.98 Å². The molecule has 1 amide bonds. The maximum atomic E-state index is 13.0. The van der Waals surface area contributed by atoms with E-state index in [-0.39, 0.29) is 11.7 Å². The second-order valence-corrected chi connectivity index (χ2v) is 6.87. The predicted octanol–water partition coefficient (Wildman–Crippen LogP) is 4.99. The number of thioether (sulfide) groups is 1. The van der Waals surface area contributed by atoms with Crippen molar-refractivity contribution < 1.29 is 9.21 Å². The Morgan fingerprint density at radius 1 is 0.926 bits per heavy atom. The van der Waals surface area contributed by atoms with Crippen molar-refractivity contribution in [2.24, 2.45) is 0 Å². The number of anilines is 2. The molecule has 0 saturated carbocycles. The summed E-state index contributed by atoms with van der Waals surface area (Å²) in [6, 6.07) is 22.9. The van der Waals surface area contributed by atoms with E-state index in [1.807, 2.05) is 79.7 Å². The maximum absolute atomic E-state index is 13.0. The minimum Gasteiger partial charge on any atom is -0.430 e. The van der Waals surface area contributed by atoms with Crippen LogP contribution in [-0.2, 0) is 4.79 Å². The molecule has 2 heterocycles. The van der Waals surface area contributed by atoms with Gasteiger partial charge in [-0.1, -0.05) is 48.2 Å². The average molecular weight is 375 g/mol. The first-order valence-corrected chi connectivity index (χ1v) is 9.49. The summed E-state index contributed by atoms with van der Waals surface area (Å²) in [6.07, 6.45) is 0. The molecule has 0 aliphatic carbocycles. The largest absolute Gasteiger partial charge is 0.430 e. The minimum atomic E-state index is -0.0520. The molecular weight excluding hydrogens is 358 g/mol. The molecule has 2 aromatic carbocycles. The second-order valence-electron chi connectivity index (χ2n) is 5.94. The first-order chi connectivity index (χ1) is 13.2. The molecule has 2 aromatic heterocycles. The molecule has 134 valence electrons. The van der Waals surface area contributed by atoms with Crippen molar-refractivity contribution in [1.82, 2.24) is 9.97 Å². The molecule has 27 heavy (non-hydrogen) atoms. The van der Waals surface area contributed by atoms with Gasteiger partial charge in [0.05, 0.1) is 5.75 Å². The van der Waals surface area contributed by atoms with Crippen LogP contribution in [0.3, 0.4) is 0 Å². The number of hydrogen-bond donors (Lipinski definition) is 0. The monoisotopic (exact) mass is 375 g/mol. The Balaban J connectivity index is 1.56. The molecule has 6 heteroatoms. The summed E-state index contributed by atoms with van der Waals surface area (Å²) in [5.41, 5.74) is 3.71. The van der Waals surface area contributed by atoms with Crippen LogP contribution >= 0.6 is 11.8 Å². The third kappa shape index (κ3) is 3.85. The summed E-state index contributed by atoms with van der Waals surface area (Å²) in [5, 5.41) is 0.442. The van der Waals surface area contributed by atoms with E-state index in [0.29, 0.717) is 16.5 Å². The lowest BCUT2D eigenvalue weighted by atomic mass is 10.2. The van der Waals surface area contributed by atoms with Crippen LogP contribution in [0.1, 0.15) is 5.69 Å². The molecule has 0 aliphatic rings. The van der Waals surface area contributed by atoms with Gasteiger partial charge in [-0.3, -0.25) is 9.69 Å². The average Bonchev–Trinajstić information content (AvgIpc) is 3.10. The van der Waals surface area contributed by atoms with Crippen molar-refractivity contribution in [3.63, 3.8) is 0 Å². The van der Waals surface area contributed by atoms with Gasteiger partial charge in [-0.2, -0.15) is 4.98 Å². The molecule has 0 fully saturated rings. The van der Waals surface area contributed by atoms with Gasteiger partial charge in [0.25, 0.3) is 5.22 Å². The van der Waals surface area contributed by atoms with Crippen LogP contribution in [0.2, 0.25) is 0 Å². The third-order valence-corrected chi connectivity index (χ3v) is 4.78. The lowest BCUT2D eigenvalue weighted by molar-refractivity contribution is -0.115. The van der Waals surface area contributed by atoms with Gasteiger partial charge in [-0.05, 0) is 43.3 Å². The summed E-state index contributed by atoms with van der Waals surface area (Å²) in [7, 11) is 0. The second kappa shape index (κ2) is 7.63. The fourth-order valence-corrected chi connectivity index (χ4v) is 3.41. The number of aryl methyl sites for hydroxylation is 1. The maximum Gasteiger partial charge on any atom is 0.258 e. The zero-order valence-electron chi connectivity index (χ0n) is 14.7. The fraction of sp³-hybridized carbons (Fsp3) is 0.0952. The van der Waals surface area contributed by atoms with Crippen LogP contribution < -0.4 is 4.90 Å². The van der Waals surface area contributed by atoms with Crippen molar-refractivity contribution in [2.75, 3.05) is 10.7 Å². The number of oxazole rings is 1. The SMILES string of the molecule is Cc1ccc2oc(SCC(=O)N(c3ccccc3)c3ccccc3)nc2n1. The number of pyridine rings is 1. The van der Waals surface area contributed by atoms with E-state index in [0.717, 1.165) is 17.1 Å². The van der Waals surface area contributed by atoms with Crippen molar-refractivity contribution >= 4 is 40.3 Å². The van der Waals surface area contributed by atoms with E-state index < -0.39 is 0 Å². The zero-order valence-corrected chi connectivity index (χ0v) is 15.5. The molecule has 5 nitrogen and oxygen atoms in total. The molecule has 0 saturated heterocycles. The van der Waals surface area contributed by atoms with Gasteiger partial charge in [-0.15, -0.1) is 0 Å². The molecule has 4 aromatic rings. The fourth-order valence-electron chi connectivity index (χ4n) is 2.73. The molecule has 0 bridgehead atoms. The number of amides is 1. The first-order valence-electron chi connectivity index (χ1n) is 8.51. The topological polar surface area (TPSA) is 59.2 Å². The summed E-state index contributed by atoms with van der Waals surface area (Å²) in [6.45, 7) is 1.90. The number of nitrogens with zero attached hydrogens (tertiary/aromatic N) is 3. The highest BCUT2D eigenvalue weighted by atomic mass is 32.2. The number of benzene rings is 2. The highest BCUT2D eigenvalue weighted by molar-refractivity contribution is 7.99. The van der Waals surface area contributed by atoms with Crippen molar-refractivity contribution in [3.05, 3.63) is 78.5 Å². The molecule has 0 unspecified atom stereocenters. The summed E-state index contributed by atoms with van der Waals surface area (Å²) in [4.78, 5) is 23.4. The van der Waals surface area contributed by atoms with E-state index in [1.165, 1.54) is 11.8 Å². The Morgan fingerprint density at radius 3 is 2.19 bits per heavy atom. The number of fused-ring (bicyclic) bond motifs is 1. The predicted molar refractivity (Wildman–Crippen MR) is 107 cm³/mol. The lowest BCUT2D eigenvalue weighted by Gasteiger charge is -2.22. The summed E-state index contributed by atoms with van der Waals surface area (Å²) < 4.78 is 5.68. The quantitative estimate of drug-likeness (QED) is 0.460. The Labute approximate surface area is 161 Å². The summed E-state index contributed by atoms with van der Waals surface area (Å²) in [5.74, 6) is 0.152. The van der Waals surface area contributed by atoms with Crippen molar-refractivity contribution in [3.8, 4) is 0 Å². The normalized spacial score (nSPS) is 10.9. The highest BCUT2D eigenvalue weighted by Gasteiger charge is 2.19. The van der Waals surface area contributed by atoms with E-state index in [4.69, 9.17) is 4.42 Å². The molecule has 0 N–H and O–H groups in total. The highest BCUT2D eigenvalue weighted by Crippen LogP contribution is 2.28. The molecule has 4 rings (SSSR count). The van der Waals surface area contributed by atoms with Gasteiger partial charge in [0.15, 0.2) is 11.2 Å². The Bertz CT molecular complexity index is 1030. The smallest absolute Gasteiger partial charge is 0.258 e. The minimum absolute atomic E-state index is 0.0520. The van der Waals surface area contributed by atoms with E-state index in [2.05, 4.69) is 9.97 Å². The molecule has 0 radical (unpaired) electrons. The number of carbonyl (C=O) groups excluding carboxylic acids is 1. The van der Waals surface area contributed by atoms with E-state index in [1.54, 1.807) is 4.90 Å². The number of rotatable bonds is 5. The molecular formula is C21H17N3O2S. The molecule has 0 atom stereocenters. The number of para-hydroxylation sites is 2. The van der Waals surface area contributed by atoms with Gasteiger partial charge < -0.3 is 4.42 Å². The van der Waals surface area contributed by atoms with Crippen LogP contribution in [0, 0.1) is 6.92 Å². The van der Waals surface area contributed by atoms with Crippen LogP contribution in [0.5, 0.6) is 0 Å². The van der Waals surface area contributed by atoms with Crippen LogP contribution in [0.15, 0.2) is 82.4 Å². The number of aromatic nitrogens is 2. The number of carbonyl (C=O) groups is 1. The Kier molecular flexibility index (Phi) is 4.89. The van der Waals surface area contributed by atoms with Crippen LogP contribution in [-0.4, -0.2) is 21.6 Å². The van der Waals surface area contributed by atoms with Crippen molar-refractivity contribution in [2.45, 2.75) is 12.1 Å². The van der Waals surface area contributed by atoms with Gasteiger partial charge in [0, 0.05) is 17.1 Å². The zero-order chi connectivity index (χ0) is 18.6. The standard InChI is InChI=1S/C21H17N3O2S/c1-15-12-13-18-20(22-15)23-21(26-18)27-14-19(25)24(16-8-4-2-5-9-16)17-10-6-3-7-11-17/h2-13H,14H2,1H3. The van der Waals surface area contributed by atoms with Crippen LogP contribution in [0.25, 0.3) is 11.2 Å². The van der Waals surface area contributed by atoms with Crippen molar-refractivity contribution in [1.29, 1.82) is 0 Å². The molecule has 0 spiro atoms. The molecule has 0 aliphatic heterocycles. The van der Waals surface area contributed by atoms with E-state index >= 15 is 0 Å². The Hall–Kier alpha value is -3.12.